The minimum absolute atomic E-state index is 0.0497. The summed E-state index contributed by atoms with van der Waals surface area (Å²) < 4.78 is 19.7. The minimum Gasteiger partial charge on any atom is -0.375 e. The molecule has 1 amide bonds. The first-order valence-corrected chi connectivity index (χ1v) is 6.89. The van der Waals surface area contributed by atoms with Crippen LogP contribution in [0.4, 0.5) is 4.39 Å². The Labute approximate surface area is 120 Å². The van der Waals surface area contributed by atoms with Gasteiger partial charge in [0.2, 0.25) is 5.91 Å². The Kier molecular flexibility index (Phi) is 4.71. The minimum atomic E-state index is -0.345. The average Bonchev–Trinajstić information content (AvgIpc) is 2.39. The van der Waals surface area contributed by atoms with Crippen molar-refractivity contribution < 1.29 is 13.9 Å². The van der Waals surface area contributed by atoms with Crippen LogP contribution >= 0.6 is 15.9 Å². The summed E-state index contributed by atoms with van der Waals surface area (Å²) in [6.45, 7) is 3.63. The van der Waals surface area contributed by atoms with Gasteiger partial charge in [0, 0.05) is 29.2 Å². The topological polar surface area (TPSA) is 29.5 Å². The molecule has 0 bridgehead atoms. The lowest BCUT2D eigenvalue weighted by molar-refractivity contribution is -0.132. The van der Waals surface area contributed by atoms with Crippen LogP contribution < -0.4 is 0 Å². The molecule has 1 aliphatic rings. The third-order valence-corrected chi connectivity index (χ3v) is 3.41. The van der Waals surface area contributed by atoms with Crippen LogP contribution in [0.15, 0.2) is 28.7 Å². The molecule has 1 saturated heterocycles. The number of hydrogen-bond donors (Lipinski definition) is 0. The lowest BCUT2D eigenvalue weighted by atomic mass is 10.2. The van der Waals surface area contributed by atoms with Crippen molar-refractivity contribution in [1.29, 1.82) is 0 Å². The molecule has 1 atom stereocenters. The molecule has 1 fully saturated rings. The lowest BCUT2D eigenvalue weighted by Gasteiger charge is -2.30. The van der Waals surface area contributed by atoms with Gasteiger partial charge in [-0.3, -0.25) is 4.79 Å². The zero-order valence-corrected chi connectivity index (χ0v) is 12.2. The van der Waals surface area contributed by atoms with Gasteiger partial charge in [-0.1, -0.05) is 15.9 Å². The quantitative estimate of drug-likeness (QED) is 0.782. The fourth-order valence-electron chi connectivity index (χ4n) is 1.93. The van der Waals surface area contributed by atoms with E-state index in [-0.39, 0.29) is 17.8 Å². The second kappa shape index (κ2) is 6.30. The Morgan fingerprint density at radius 2 is 2.37 bits per heavy atom. The van der Waals surface area contributed by atoms with Gasteiger partial charge in [-0.2, -0.15) is 0 Å². The summed E-state index contributed by atoms with van der Waals surface area (Å²) in [5.74, 6) is -0.461. The largest absolute Gasteiger partial charge is 0.375 e. The molecule has 3 nitrogen and oxygen atoms in total. The van der Waals surface area contributed by atoms with Crippen LogP contribution in [0.1, 0.15) is 12.5 Å². The van der Waals surface area contributed by atoms with Crippen molar-refractivity contribution in [3.63, 3.8) is 0 Å². The molecule has 0 saturated carbocycles. The van der Waals surface area contributed by atoms with E-state index in [2.05, 4.69) is 15.9 Å². The molecule has 1 aromatic carbocycles. The summed E-state index contributed by atoms with van der Waals surface area (Å²) in [5.41, 5.74) is 0.393. The van der Waals surface area contributed by atoms with Crippen molar-refractivity contribution in [1.82, 2.24) is 4.90 Å². The molecule has 5 heteroatoms. The molecule has 1 unspecified atom stereocenters. The SMILES string of the molecule is CC1CN(C(=O)/C=C/c2cc(Br)ccc2F)CCO1. The number of halogens is 2. The third kappa shape index (κ3) is 3.88. The third-order valence-electron chi connectivity index (χ3n) is 2.92. The second-order valence-corrected chi connectivity index (χ2v) is 5.38. The maximum Gasteiger partial charge on any atom is 0.246 e. The Morgan fingerprint density at radius 3 is 3.11 bits per heavy atom. The van der Waals surface area contributed by atoms with Gasteiger partial charge in [-0.25, -0.2) is 4.39 Å². The van der Waals surface area contributed by atoms with Crippen molar-refractivity contribution in [2.75, 3.05) is 19.7 Å². The fraction of sp³-hybridized carbons (Fsp3) is 0.357. The van der Waals surface area contributed by atoms with Gasteiger partial charge >= 0.3 is 0 Å². The fourth-order valence-corrected chi connectivity index (χ4v) is 2.31. The highest BCUT2D eigenvalue weighted by molar-refractivity contribution is 9.10. The number of carbonyl (C=O) groups excluding carboxylic acids is 1. The Balaban J connectivity index is 2.05. The smallest absolute Gasteiger partial charge is 0.246 e. The number of ether oxygens (including phenoxy) is 1. The summed E-state index contributed by atoms with van der Waals surface area (Å²) in [6, 6.07) is 4.63. The van der Waals surface area contributed by atoms with Crippen LogP contribution in [0.5, 0.6) is 0 Å². The van der Waals surface area contributed by atoms with E-state index in [0.29, 0.717) is 25.3 Å². The highest BCUT2D eigenvalue weighted by Crippen LogP contribution is 2.17. The molecule has 2 rings (SSSR count). The zero-order chi connectivity index (χ0) is 13.8. The molecule has 0 N–H and O–H groups in total. The van der Waals surface area contributed by atoms with E-state index >= 15 is 0 Å². The molecule has 1 heterocycles. The molecule has 19 heavy (non-hydrogen) atoms. The standard InChI is InChI=1S/C14H15BrFNO2/c1-10-9-17(6-7-19-10)14(18)5-2-11-8-12(15)3-4-13(11)16/h2-5,8,10H,6-7,9H2,1H3/b5-2+. The van der Waals surface area contributed by atoms with E-state index in [1.807, 2.05) is 6.92 Å². The van der Waals surface area contributed by atoms with Gasteiger partial charge in [-0.15, -0.1) is 0 Å². The number of benzene rings is 1. The van der Waals surface area contributed by atoms with E-state index in [9.17, 15) is 9.18 Å². The second-order valence-electron chi connectivity index (χ2n) is 4.46. The van der Waals surface area contributed by atoms with E-state index in [1.54, 1.807) is 17.0 Å². The molecule has 1 aromatic rings. The lowest BCUT2D eigenvalue weighted by Crippen LogP contribution is -2.43. The van der Waals surface area contributed by atoms with Crippen LogP contribution in [0.3, 0.4) is 0 Å². The van der Waals surface area contributed by atoms with Crippen molar-refractivity contribution in [2.45, 2.75) is 13.0 Å². The van der Waals surface area contributed by atoms with Gasteiger partial charge in [0.05, 0.1) is 12.7 Å². The van der Waals surface area contributed by atoms with Gasteiger partial charge in [0.15, 0.2) is 0 Å². The van der Waals surface area contributed by atoms with Crippen molar-refractivity contribution in [3.05, 3.63) is 40.1 Å². The van der Waals surface area contributed by atoms with Crippen molar-refractivity contribution >= 4 is 27.9 Å². The Hall–Kier alpha value is -1.20. The van der Waals surface area contributed by atoms with Crippen molar-refractivity contribution in [2.24, 2.45) is 0 Å². The maximum atomic E-state index is 13.5. The van der Waals surface area contributed by atoms with E-state index < -0.39 is 0 Å². The molecule has 0 radical (unpaired) electrons. The number of rotatable bonds is 2. The van der Waals surface area contributed by atoms with E-state index in [4.69, 9.17) is 4.74 Å². The maximum absolute atomic E-state index is 13.5. The monoisotopic (exact) mass is 327 g/mol. The molecular formula is C14H15BrFNO2. The van der Waals surface area contributed by atoms with Gasteiger partial charge in [0.1, 0.15) is 5.82 Å². The first kappa shape index (κ1) is 14.2. The van der Waals surface area contributed by atoms with E-state index in [1.165, 1.54) is 18.2 Å². The normalized spacial score (nSPS) is 19.9. The number of amides is 1. The summed E-state index contributed by atoms with van der Waals surface area (Å²) >= 11 is 3.28. The van der Waals surface area contributed by atoms with Crippen LogP contribution in [-0.2, 0) is 9.53 Å². The van der Waals surface area contributed by atoms with Gasteiger partial charge in [-0.05, 0) is 31.2 Å². The zero-order valence-electron chi connectivity index (χ0n) is 10.6. The molecule has 1 aliphatic heterocycles. The van der Waals surface area contributed by atoms with Crippen molar-refractivity contribution in [3.8, 4) is 0 Å². The number of carbonyl (C=O) groups is 1. The summed E-state index contributed by atoms with van der Waals surface area (Å²) in [4.78, 5) is 13.7. The van der Waals surface area contributed by atoms with Gasteiger partial charge in [0.25, 0.3) is 0 Å². The molecular weight excluding hydrogens is 313 g/mol. The Bertz CT molecular complexity index is 504. The summed E-state index contributed by atoms with van der Waals surface area (Å²) in [6.07, 6.45) is 2.96. The predicted octanol–water partition coefficient (Wildman–Crippen LogP) is 2.85. The molecule has 0 aromatic heterocycles. The van der Waals surface area contributed by atoms with Crippen LogP contribution in [0, 0.1) is 5.82 Å². The number of nitrogens with zero attached hydrogens (tertiary/aromatic N) is 1. The first-order valence-electron chi connectivity index (χ1n) is 6.10. The highest BCUT2D eigenvalue weighted by atomic mass is 79.9. The van der Waals surface area contributed by atoms with Gasteiger partial charge < -0.3 is 9.64 Å². The van der Waals surface area contributed by atoms with E-state index in [0.717, 1.165) is 4.47 Å². The number of morpholine rings is 1. The number of hydrogen-bond acceptors (Lipinski definition) is 2. The summed E-state index contributed by atoms with van der Waals surface area (Å²) in [5, 5.41) is 0. The first-order chi connectivity index (χ1) is 9.06. The molecule has 0 aliphatic carbocycles. The van der Waals surface area contributed by atoms with Crippen LogP contribution in [0.2, 0.25) is 0 Å². The summed E-state index contributed by atoms with van der Waals surface area (Å²) in [7, 11) is 0. The molecule has 102 valence electrons. The molecule has 0 spiro atoms. The predicted molar refractivity (Wildman–Crippen MR) is 75.1 cm³/mol. The Morgan fingerprint density at radius 1 is 1.58 bits per heavy atom. The average molecular weight is 328 g/mol. The van der Waals surface area contributed by atoms with Crippen LogP contribution in [-0.4, -0.2) is 36.6 Å². The van der Waals surface area contributed by atoms with Crippen LogP contribution in [0.25, 0.3) is 6.08 Å². The highest BCUT2D eigenvalue weighted by Gasteiger charge is 2.19.